The van der Waals surface area contributed by atoms with Crippen molar-refractivity contribution in [3.63, 3.8) is 0 Å². The van der Waals surface area contributed by atoms with Gasteiger partial charge >= 0.3 is 6.03 Å². The number of carbonyl (C=O) groups is 2. The van der Waals surface area contributed by atoms with E-state index in [0.29, 0.717) is 11.3 Å². The Morgan fingerprint density at radius 3 is 2.52 bits per heavy atom. The van der Waals surface area contributed by atoms with Crippen molar-refractivity contribution in [1.29, 1.82) is 0 Å². The van der Waals surface area contributed by atoms with E-state index >= 15 is 0 Å². The number of phenolic OH excluding ortho intramolecular Hbond substituents is 1. The Kier molecular flexibility index (Phi) is 4.05. The van der Waals surface area contributed by atoms with E-state index in [1.54, 1.807) is 36.5 Å². The highest BCUT2D eigenvalue weighted by atomic mass is 16.3. The van der Waals surface area contributed by atoms with Gasteiger partial charge in [-0.2, -0.15) is 0 Å². The number of benzene rings is 2. The summed E-state index contributed by atoms with van der Waals surface area (Å²) >= 11 is 0. The highest BCUT2D eigenvalue weighted by Gasteiger charge is 2.28. The number of nitrogens with zero attached hydrogens (tertiary/aromatic N) is 2. The lowest BCUT2D eigenvalue weighted by Crippen LogP contribution is -2.30. The van der Waals surface area contributed by atoms with E-state index in [9.17, 15) is 14.7 Å². The smallest absolute Gasteiger partial charge is 0.324 e. The lowest BCUT2D eigenvalue weighted by molar-refractivity contribution is -0.125. The fourth-order valence-corrected chi connectivity index (χ4v) is 2.23. The maximum absolute atomic E-state index is 11.5. The molecular weight excluding hydrogens is 294 g/mol. The lowest BCUT2D eigenvalue weighted by Gasteiger charge is -2.12. The monoisotopic (exact) mass is 309 g/mol. The van der Waals surface area contributed by atoms with Gasteiger partial charge in [0.15, 0.2) is 0 Å². The third-order valence-electron chi connectivity index (χ3n) is 3.50. The van der Waals surface area contributed by atoms with Gasteiger partial charge in [0.2, 0.25) is 5.91 Å². The fourth-order valence-electron chi connectivity index (χ4n) is 2.23. The van der Waals surface area contributed by atoms with Gasteiger partial charge in [-0.1, -0.05) is 24.3 Å². The van der Waals surface area contributed by atoms with Crippen molar-refractivity contribution in [3.05, 3.63) is 59.7 Å². The third kappa shape index (κ3) is 3.37. The Hall–Kier alpha value is -3.15. The summed E-state index contributed by atoms with van der Waals surface area (Å²) in [7, 11) is 0. The second-order valence-electron chi connectivity index (χ2n) is 5.12. The molecule has 0 unspecified atom stereocenters. The first kappa shape index (κ1) is 14.8. The molecular formula is C17H15N3O3. The molecule has 1 fully saturated rings. The summed E-state index contributed by atoms with van der Waals surface area (Å²) < 4.78 is 0. The first-order valence-corrected chi connectivity index (χ1v) is 7.13. The summed E-state index contributed by atoms with van der Waals surface area (Å²) in [5.41, 5.74) is 2.20. The number of hydrogen-bond acceptors (Lipinski definition) is 4. The number of carbonyl (C=O) groups excluding carboxylic acids is 2. The molecule has 1 saturated heterocycles. The molecule has 2 aromatic rings. The summed E-state index contributed by atoms with van der Waals surface area (Å²) in [6.07, 6.45) is 1.59. The van der Waals surface area contributed by atoms with Crippen LogP contribution in [0.1, 0.15) is 11.1 Å². The van der Waals surface area contributed by atoms with Crippen LogP contribution in [0.25, 0.3) is 0 Å². The van der Waals surface area contributed by atoms with Gasteiger partial charge in [-0.05, 0) is 29.8 Å². The normalized spacial score (nSPS) is 14.5. The van der Waals surface area contributed by atoms with Crippen LogP contribution in [-0.4, -0.2) is 34.7 Å². The van der Waals surface area contributed by atoms with Crippen molar-refractivity contribution >= 4 is 23.8 Å². The minimum Gasteiger partial charge on any atom is -0.507 e. The molecule has 3 amide bonds. The van der Waals surface area contributed by atoms with Crippen LogP contribution < -0.4 is 5.32 Å². The van der Waals surface area contributed by atoms with Crippen molar-refractivity contribution in [1.82, 2.24) is 10.2 Å². The summed E-state index contributed by atoms with van der Waals surface area (Å²) in [5, 5.41) is 12.2. The standard InChI is InChI=1S/C17H15N3O3/c21-15-4-2-1-3-13(15)9-18-14-7-5-12(6-8-14)11-20-16(22)10-19-17(20)23/h1-9,21H,10-11H2,(H,19,23). The highest BCUT2D eigenvalue weighted by molar-refractivity contribution is 6.01. The van der Waals surface area contributed by atoms with Crippen molar-refractivity contribution < 1.29 is 14.7 Å². The van der Waals surface area contributed by atoms with Crippen LogP contribution >= 0.6 is 0 Å². The first-order chi connectivity index (χ1) is 11.1. The van der Waals surface area contributed by atoms with Gasteiger partial charge in [0, 0.05) is 11.8 Å². The predicted molar refractivity (Wildman–Crippen MR) is 85.8 cm³/mol. The Balaban J connectivity index is 1.69. The van der Waals surface area contributed by atoms with E-state index in [0.717, 1.165) is 5.56 Å². The molecule has 116 valence electrons. The van der Waals surface area contributed by atoms with Crippen LogP contribution in [0.15, 0.2) is 53.5 Å². The van der Waals surface area contributed by atoms with Gasteiger partial charge < -0.3 is 10.4 Å². The van der Waals surface area contributed by atoms with E-state index in [1.165, 1.54) is 4.90 Å². The molecule has 2 aromatic carbocycles. The molecule has 2 N–H and O–H groups in total. The largest absolute Gasteiger partial charge is 0.507 e. The number of rotatable bonds is 4. The minimum absolute atomic E-state index is 0.0573. The molecule has 0 aliphatic carbocycles. The van der Waals surface area contributed by atoms with Crippen LogP contribution in [0, 0.1) is 0 Å². The van der Waals surface area contributed by atoms with E-state index in [4.69, 9.17) is 0 Å². The molecule has 0 aromatic heterocycles. The van der Waals surface area contributed by atoms with Gasteiger partial charge in [-0.15, -0.1) is 0 Å². The number of aromatic hydroxyl groups is 1. The van der Waals surface area contributed by atoms with Crippen LogP contribution in [0.4, 0.5) is 10.5 Å². The number of imide groups is 1. The number of phenols is 1. The second kappa shape index (κ2) is 6.31. The quantitative estimate of drug-likeness (QED) is 0.671. The average Bonchev–Trinajstić information content (AvgIpc) is 2.87. The SMILES string of the molecule is O=C1CNC(=O)N1Cc1ccc(N=Cc2ccccc2O)cc1. The van der Waals surface area contributed by atoms with E-state index < -0.39 is 0 Å². The van der Waals surface area contributed by atoms with Gasteiger partial charge in [0.05, 0.1) is 18.8 Å². The number of nitrogens with one attached hydrogen (secondary N) is 1. The zero-order valence-corrected chi connectivity index (χ0v) is 12.3. The van der Waals surface area contributed by atoms with Crippen LogP contribution in [0.3, 0.4) is 0 Å². The van der Waals surface area contributed by atoms with Crippen molar-refractivity contribution in [2.75, 3.05) is 6.54 Å². The molecule has 1 aliphatic heterocycles. The maximum atomic E-state index is 11.5. The Labute approximate surface area is 133 Å². The topological polar surface area (TPSA) is 82.0 Å². The summed E-state index contributed by atoms with van der Waals surface area (Å²) in [4.78, 5) is 28.5. The number of aliphatic imine (C=N–C) groups is 1. The van der Waals surface area contributed by atoms with Gasteiger partial charge in [-0.25, -0.2) is 4.79 Å². The maximum Gasteiger partial charge on any atom is 0.324 e. The second-order valence-corrected chi connectivity index (χ2v) is 5.12. The van der Waals surface area contributed by atoms with Crippen LogP contribution in [0.5, 0.6) is 5.75 Å². The molecule has 23 heavy (non-hydrogen) atoms. The van der Waals surface area contributed by atoms with E-state index in [1.807, 2.05) is 18.2 Å². The zero-order chi connectivity index (χ0) is 16.2. The number of amides is 3. The molecule has 0 atom stereocenters. The molecule has 0 bridgehead atoms. The summed E-state index contributed by atoms with van der Waals surface area (Å²) in [5.74, 6) is -0.0527. The number of urea groups is 1. The van der Waals surface area contributed by atoms with Gasteiger partial charge in [0.1, 0.15) is 5.75 Å². The minimum atomic E-state index is -0.364. The zero-order valence-electron chi connectivity index (χ0n) is 12.3. The molecule has 0 saturated carbocycles. The Bertz CT molecular complexity index is 753. The number of para-hydroxylation sites is 1. The summed E-state index contributed by atoms with van der Waals surface area (Å²) in [6.45, 7) is 0.302. The first-order valence-electron chi connectivity index (χ1n) is 7.13. The van der Waals surface area contributed by atoms with Crippen molar-refractivity contribution in [2.24, 2.45) is 4.99 Å². The van der Waals surface area contributed by atoms with Crippen molar-refractivity contribution in [2.45, 2.75) is 6.54 Å². The van der Waals surface area contributed by atoms with E-state index in [-0.39, 0.29) is 30.8 Å². The van der Waals surface area contributed by atoms with Gasteiger partial charge in [-0.3, -0.25) is 14.7 Å². The average molecular weight is 309 g/mol. The Morgan fingerprint density at radius 2 is 1.87 bits per heavy atom. The van der Waals surface area contributed by atoms with E-state index in [2.05, 4.69) is 10.3 Å². The number of hydrogen-bond donors (Lipinski definition) is 2. The fraction of sp³-hybridized carbons (Fsp3) is 0.118. The highest BCUT2D eigenvalue weighted by Crippen LogP contribution is 2.18. The third-order valence-corrected chi connectivity index (χ3v) is 3.50. The molecule has 0 spiro atoms. The van der Waals surface area contributed by atoms with Crippen LogP contribution in [-0.2, 0) is 11.3 Å². The van der Waals surface area contributed by atoms with Crippen LogP contribution in [0.2, 0.25) is 0 Å². The van der Waals surface area contributed by atoms with Crippen molar-refractivity contribution in [3.8, 4) is 5.75 Å². The summed E-state index contributed by atoms with van der Waals surface area (Å²) in [6, 6.07) is 13.8. The predicted octanol–water partition coefficient (Wildman–Crippen LogP) is 2.19. The molecule has 6 nitrogen and oxygen atoms in total. The lowest BCUT2D eigenvalue weighted by atomic mass is 10.2. The molecule has 3 rings (SSSR count). The van der Waals surface area contributed by atoms with Gasteiger partial charge in [0.25, 0.3) is 0 Å². The Morgan fingerprint density at radius 1 is 1.13 bits per heavy atom. The molecule has 6 heteroatoms. The molecule has 0 radical (unpaired) electrons. The molecule has 1 aliphatic rings. The molecule has 1 heterocycles.